The first kappa shape index (κ1) is 21.3. The molecule has 0 saturated carbocycles. The molecule has 2 heterocycles. The first-order valence-electron chi connectivity index (χ1n) is 10.1. The summed E-state index contributed by atoms with van der Waals surface area (Å²) in [7, 11) is 1.59. The zero-order chi connectivity index (χ0) is 23.2. The van der Waals surface area contributed by atoms with E-state index in [4.69, 9.17) is 9.47 Å². The van der Waals surface area contributed by atoms with Gasteiger partial charge in [-0.05, 0) is 37.6 Å². The second-order valence-electron chi connectivity index (χ2n) is 7.60. The number of carbonyl (C=O) groups excluding carboxylic acids is 3. The Kier molecular flexibility index (Phi) is 5.29. The van der Waals surface area contributed by atoms with E-state index in [1.807, 2.05) is 0 Å². The summed E-state index contributed by atoms with van der Waals surface area (Å²) in [5, 5.41) is 11.3. The molecule has 166 valence electrons. The maximum atomic E-state index is 13.4. The van der Waals surface area contributed by atoms with E-state index in [2.05, 4.69) is 0 Å². The monoisotopic (exact) mass is 439 g/mol. The van der Waals surface area contributed by atoms with E-state index in [0.29, 0.717) is 23.6 Å². The number of benzene rings is 2. The van der Waals surface area contributed by atoms with Gasteiger partial charge in [-0.3, -0.25) is 29.4 Å². The molecule has 2 aromatic rings. The van der Waals surface area contributed by atoms with E-state index in [1.165, 1.54) is 28.0 Å². The number of non-ortho nitro benzene ring substituents is 1. The van der Waals surface area contributed by atoms with Gasteiger partial charge in [-0.25, -0.2) is 0 Å². The lowest BCUT2D eigenvalue weighted by Gasteiger charge is -2.37. The summed E-state index contributed by atoms with van der Waals surface area (Å²) < 4.78 is 11.1. The number of Topliss-reactive ketones (excluding diaryl/α,β-unsaturated/α-hetero) is 1. The predicted octanol–water partition coefficient (Wildman–Crippen LogP) is 2.73. The third kappa shape index (κ3) is 3.43. The number of amides is 2. The molecule has 0 bridgehead atoms. The summed E-state index contributed by atoms with van der Waals surface area (Å²) in [6.45, 7) is 3.26. The summed E-state index contributed by atoms with van der Waals surface area (Å²) in [5.74, 6) is -0.307. The minimum absolute atomic E-state index is 0.0799. The van der Waals surface area contributed by atoms with Crippen molar-refractivity contribution in [2.75, 3.05) is 23.5 Å². The van der Waals surface area contributed by atoms with Crippen LogP contribution in [0.2, 0.25) is 0 Å². The van der Waals surface area contributed by atoms with Crippen LogP contribution in [0.5, 0.6) is 11.5 Å². The van der Waals surface area contributed by atoms with E-state index in [9.17, 15) is 24.5 Å². The van der Waals surface area contributed by atoms with Crippen molar-refractivity contribution in [3.05, 3.63) is 52.1 Å². The fourth-order valence-corrected chi connectivity index (χ4v) is 3.83. The molecule has 2 atom stereocenters. The average molecular weight is 439 g/mol. The molecule has 4 rings (SSSR count). The molecule has 0 aliphatic carbocycles. The van der Waals surface area contributed by atoms with E-state index >= 15 is 0 Å². The minimum atomic E-state index is -0.968. The third-order valence-electron chi connectivity index (χ3n) is 5.66. The number of rotatable bonds is 5. The van der Waals surface area contributed by atoms with Crippen molar-refractivity contribution in [1.29, 1.82) is 0 Å². The van der Waals surface area contributed by atoms with Crippen molar-refractivity contribution >= 4 is 34.7 Å². The van der Waals surface area contributed by atoms with Crippen molar-refractivity contribution in [1.82, 2.24) is 0 Å². The van der Waals surface area contributed by atoms with Crippen molar-refractivity contribution in [2.45, 2.75) is 32.4 Å². The fraction of sp³-hybridized carbons (Fsp3) is 0.318. The van der Waals surface area contributed by atoms with Crippen LogP contribution in [0.15, 0.2) is 36.4 Å². The molecule has 2 aliphatic rings. The van der Waals surface area contributed by atoms with Crippen LogP contribution in [0.25, 0.3) is 0 Å². The number of hydrogen-bond donors (Lipinski definition) is 0. The number of hydrogen-bond acceptors (Lipinski definition) is 7. The molecule has 0 fully saturated rings. The smallest absolute Gasteiger partial charge is 0.271 e. The summed E-state index contributed by atoms with van der Waals surface area (Å²) in [6, 6.07) is 7.71. The van der Waals surface area contributed by atoms with Gasteiger partial charge in [-0.1, -0.05) is 6.92 Å². The molecule has 32 heavy (non-hydrogen) atoms. The van der Waals surface area contributed by atoms with Crippen LogP contribution in [-0.2, 0) is 9.59 Å². The molecule has 0 saturated heterocycles. The van der Waals surface area contributed by atoms with Gasteiger partial charge in [0.2, 0.25) is 0 Å². The van der Waals surface area contributed by atoms with Gasteiger partial charge in [0.25, 0.3) is 17.5 Å². The SMILES string of the molecule is CCC1Oc2ccc([N+](=O)[O-])cc2N(C(C)C(=O)c2ccc3c(c2)N(C)C(=O)CO3)C1=O. The number of nitrogens with zero attached hydrogens (tertiary/aromatic N) is 3. The van der Waals surface area contributed by atoms with Gasteiger partial charge in [-0.2, -0.15) is 0 Å². The molecule has 0 N–H and O–H groups in total. The van der Waals surface area contributed by atoms with Crippen LogP contribution in [-0.4, -0.2) is 48.3 Å². The molecule has 0 radical (unpaired) electrons. The van der Waals surface area contributed by atoms with Gasteiger partial charge >= 0.3 is 0 Å². The number of ether oxygens (including phenoxy) is 2. The van der Waals surface area contributed by atoms with Crippen molar-refractivity contribution in [3.8, 4) is 11.5 Å². The number of nitro benzene ring substituents is 1. The van der Waals surface area contributed by atoms with Crippen molar-refractivity contribution < 1.29 is 28.8 Å². The van der Waals surface area contributed by atoms with Gasteiger partial charge in [0, 0.05) is 24.7 Å². The van der Waals surface area contributed by atoms with E-state index < -0.39 is 23.0 Å². The average Bonchev–Trinajstić information content (AvgIpc) is 2.79. The first-order chi connectivity index (χ1) is 15.2. The standard InChI is InChI=1S/C22H21N3O7/c1-4-17-22(28)24(16-10-14(25(29)30)6-8-19(16)32-17)12(2)21(27)13-5-7-18-15(9-13)23(3)20(26)11-31-18/h5-10,12,17H,4,11H2,1-3H3. The highest BCUT2D eigenvalue weighted by atomic mass is 16.6. The Morgan fingerprint density at radius 1 is 1.19 bits per heavy atom. The molecular formula is C22H21N3O7. The highest BCUT2D eigenvalue weighted by molar-refractivity contribution is 6.11. The molecule has 10 heteroatoms. The van der Waals surface area contributed by atoms with Crippen LogP contribution >= 0.6 is 0 Å². The highest BCUT2D eigenvalue weighted by Gasteiger charge is 2.39. The largest absolute Gasteiger partial charge is 0.482 e. The lowest BCUT2D eigenvalue weighted by Crippen LogP contribution is -2.52. The second kappa shape index (κ2) is 7.95. The number of likely N-dealkylation sites (N-methyl/N-ethyl adjacent to an activating group) is 1. The van der Waals surface area contributed by atoms with Gasteiger partial charge in [0.05, 0.1) is 22.3 Å². The zero-order valence-electron chi connectivity index (χ0n) is 17.7. The van der Waals surface area contributed by atoms with Crippen molar-refractivity contribution in [2.24, 2.45) is 0 Å². The molecular weight excluding hydrogens is 418 g/mol. The predicted molar refractivity (Wildman–Crippen MR) is 114 cm³/mol. The molecule has 0 spiro atoms. The molecule has 2 amide bonds. The molecule has 2 unspecified atom stereocenters. The number of fused-ring (bicyclic) bond motifs is 2. The van der Waals surface area contributed by atoms with Crippen molar-refractivity contribution in [3.63, 3.8) is 0 Å². The Hall–Kier alpha value is -3.95. The minimum Gasteiger partial charge on any atom is -0.482 e. The molecule has 10 nitrogen and oxygen atoms in total. The zero-order valence-corrected chi connectivity index (χ0v) is 17.7. The third-order valence-corrected chi connectivity index (χ3v) is 5.66. The first-order valence-corrected chi connectivity index (χ1v) is 10.1. The lowest BCUT2D eigenvalue weighted by atomic mass is 10.00. The number of ketones is 1. The van der Waals surface area contributed by atoms with E-state index in [-0.39, 0.29) is 35.2 Å². The molecule has 0 aromatic heterocycles. The Morgan fingerprint density at radius 2 is 1.91 bits per heavy atom. The number of anilines is 2. The maximum Gasteiger partial charge on any atom is 0.271 e. The Balaban J connectivity index is 1.73. The maximum absolute atomic E-state index is 13.4. The summed E-state index contributed by atoms with van der Waals surface area (Å²) in [4.78, 5) is 51.8. The van der Waals surface area contributed by atoms with Crippen LogP contribution in [0.1, 0.15) is 30.6 Å². The molecule has 2 aliphatic heterocycles. The fourth-order valence-electron chi connectivity index (χ4n) is 3.83. The molecule has 2 aromatic carbocycles. The van der Waals surface area contributed by atoms with Gasteiger partial charge < -0.3 is 14.4 Å². The Bertz CT molecular complexity index is 1150. The summed E-state index contributed by atoms with van der Waals surface area (Å²) in [5.41, 5.74) is 0.685. The van der Waals surface area contributed by atoms with Crippen LogP contribution < -0.4 is 19.3 Å². The normalized spacial score (nSPS) is 18.3. The van der Waals surface area contributed by atoms with E-state index in [0.717, 1.165) is 0 Å². The number of carbonyl (C=O) groups is 3. The van der Waals surface area contributed by atoms with E-state index in [1.54, 1.807) is 39.1 Å². The summed E-state index contributed by atoms with van der Waals surface area (Å²) >= 11 is 0. The Labute approximate surface area is 183 Å². The lowest BCUT2D eigenvalue weighted by molar-refractivity contribution is -0.384. The highest BCUT2D eigenvalue weighted by Crippen LogP contribution is 2.39. The van der Waals surface area contributed by atoms with Gasteiger partial charge in [0.1, 0.15) is 11.5 Å². The second-order valence-corrected chi connectivity index (χ2v) is 7.60. The van der Waals surface area contributed by atoms with Crippen LogP contribution in [0, 0.1) is 10.1 Å². The van der Waals surface area contributed by atoms with Gasteiger partial charge in [-0.15, -0.1) is 0 Å². The van der Waals surface area contributed by atoms with Gasteiger partial charge in [0.15, 0.2) is 18.5 Å². The van der Waals surface area contributed by atoms with Crippen LogP contribution in [0.4, 0.5) is 17.1 Å². The van der Waals surface area contributed by atoms with Crippen LogP contribution in [0.3, 0.4) is 0 Å². The topological polar surface area (TPSA) is 119 Å². The Morgan fingerprint density at radius 3 is 2.59 bits per heavy atom. The number of nitro groups is 1. The quantitative estimate of drug-likeness (QED) is 0.399. The summed E-state index contributed by atoms with van der Waals surface area (Å²) in [6.07, 6.45) is -0.435.